The van der Waals surface area contributed by atoms with Gasteiger partial charge in [0.1, 0.15) is 6.04 Å². The zero-order valence-corrected chi connectivity index (χ0v) is 14.1. The van der Waals surface area contributed by atoms with E-state index >= 15 is 0 Å². The minimum Gasteiger partial charge on any atom is -0.454 e. The first kappa shape index (κ1) is 19.0. The first-order valence-electron chi connectivity index (χ1n) is 7.35. The molecule has 0 aliphatic carbocycles. The van der Waals surface area contributed by atoms with Crippen LogP contribution in [-0.2, 0) is 14.3 Å². The predicted octanol–water partition coefficient (Wildman–Crippen LogP) is 1.77. The SMILES string of the molecule is CCNC(=O)COC(=O)[C@@H](NC(=O)c1ccccc1Cl)C(C)C. The van der Waals surface area contributed by atoms with Gasteiger partial charge in [0.25, 0.3) is 11.8 Å². The fourth-order valence-corrected chi connectivity index (χ4v) is 2.06. The number of nitrogens with one attached hydrogen (secondary N) is 2. The maximum absolute atomic E-state index is 12.2. The Bertz CT molecular complexity index is 575. The molecule has 7 heteroatoms. The first-order chi connectivity index (χ1) is 10.9. The van der Waals surface area contributed by atoms with Crippen LogP contribution in [0.25, 0.3) is 0 Å². The molecule has 0 spiro atoms. The summed E-state index contributed by atoms with van der Waals surface area (Å²) in [5, 5.41) is 5.42. The summed E-state index contributed by atoms with van der Waals surface area (Å²) in [6.07, 6.45) is 0. The van der Waals surface area contributed by atoms with Gasteiger partial charge in [-0.25, -0.2) is 4.79 Å². The smallest absolute Gasteiger partial charge is 0.329 e. The third-order valence-electron chi connectivity index (χ3n) is 3.05. The fraction of sp³-hybridized carbons (Fsp3) is 0.438. The van der Waals surface area contributed by atoms with E-state index in [1.54, 1.807) is 45.0 Å². The van der Waals surface area contributed by atoms with Crippen LogP contribution in [0.2, 0.25) is 5.02 Å². The Balaban J connectivity index is 2.71. The topological polar surface area (TPSA) is 84.5 Å². The van der Waals surface area contributed by atoms with E-state index in [2.05, 4.69) is 10.6 Å². The molecule has 0 radical (unpaired) electrons. The fourth-order valence-electron chi connectivity index (χ4n) is 1.84. The van der Waals surface area contributed by atoms with Crippen molar-refractivity contribution in [2.75, 3.05) is 13.2 Å². The molecule has 126 valence electrons. The van der Waals surface area contributed by atoms with Gasteiger partial charge in [0.2, 0.25) is 0 Å². The molecular formula is C16H21ClN2O4. The van der Waals surface area contributed by atoms with Gasteiger partial charge in [0, 0.05) is 6.54 Å². The van der Waals surface area contributed by atoms with Crippen molar-refractivity contribution < 1.29 is 19.1 Å². The second-order valence-corrected chi connectivity index (χ2v) is 5.64. The molecule has 0 aliphatic heterocycles. The molecule has 1 aromatic rings. The van der Waals surface area contributed by atoms with E-state index in [1.165, 1.54) is 0 Å². The number of halogens is 1. The third-order valence-corrected chi connectivity index (χ3v) is 3.37. The van der Waals surface area contributed by atoms with Crippen LogP contribution in [0.5, 0.6) is 0 Å². The molecule has 0 heterocycles. The van der Waals surface area contributed by atoms with Crippen LogP contribution in [0.1, 0.15) is 31.1 Å². The van der Waals surface area contributed by atoms with Gasteiger partial charge in [-0.1, -0.05) is 37.6 Å². The number of carbonyl (C=O) groups excluding carboxylic acids is 3. The lowest BCUT2D eigenvalue weighted by Crippen LogP contribution is -2.46. The van der Waals surface area contributed by atoms with Crippen LogP contribution >= 0.6 is 11.6 Å². The number of hydrogen-bond acceptors (Lipinski definition) is 4. The highest BCUT2D eigenvalue weighted by Gasteiger charge is 2.27. The van der Waals surface area contributed by atoms with Gasteiger partial charge in [-0.15, -0.1) is 0 Å². The Morgan fingerprint density at radius 1 is 1.22 bits per heavy atom. The largest absolute Gasteiger partial charge is 0.454 e. The van der Waals surface area contributed by atoms with Crippen molar-refractivity contribution in [3.63, 3.8) is 0 Å². The van der Waals surface area contributed by atoms with Crippen LogP contribution < -0.4 is 10.6 Å². The van der Waals surface area contributed by atoms with Gasteiger partial charge in [-0.3, -0.25) is 9.59 Å². The Labute approximate surface area is 140 Å². The van der Waals surface area contributed by atoms with Crippen LogP contribution in [0.4, 0.5) is 0 Å². The summed E-state index contributed by atoms with van der Waals surface area (Å²) >= 11 is 5.97. The molecule has 0 saturated heterocycles. The lowest BCUT2D eigenvalue weighted by Gasteiger charge is -2.21. The van der Waals surface area contributed by atoms with Crippen LogP contribution in [0.15, 0.2) is 24.3 Å². The average molecular weight is 341 g/mol. The second-order valence-electron chi connectivity index (χ2n) is 5.24. The quantitative estimate of drug-likeness (QED) is 0.741. The monoisotopic (exact) mass is 340 g/mol. The molecule has 23 heavy (non-hydrogen) atoms. The van der Waals surface area contributed by atoms with Gasteiger partial charge in [-0.2, -0.15) is 0 Å². The molecule has 1 aromatic carbocycles. The molecule has 0 fully saturated rings. The number of hydrogen-bond donors (Lipinski definition) is 2. The summed E-state index contributed by atoms with van der Waals surface area (Å²) < 4.78 is 4.95. The number of carbonyl (C=O) groups is 3. The Hall–Kier alpha value is -2.08. The maximum Gasteiger partial charge on any atom is 0.329 e. The molecule has 1 atom stereocenters. The van der Waals surface area contributed by atoms with Crippen molar-refractivity contribution in [1.82, 2.24) is 10.6 Å². The van der Waals surface area contributed by atoms with Crippen molar-refractivity contribution >= 4 is 29.4 Å². The molecule has 2 amide bonds. The average Bonchev–Trinajstić information content (AvgIpc) is 2.50. The van der Waals surface area contributed by atoms with E-state index in [0.717, 1.165) is 0 Å². The van der Waals surface area contributed by atoms with Crippen LogP contribution in [0.3, 0.4) is 0 Å². The Morgan fingerprint density at radius 2 is 1.87 bits per heavy atom. The summed E-state index contributed by atoms with van der Waals surface area (Å²) in [5.41, 5.74) is 0.274. The lowest BCUT2D eigenvalue weighted by atomic mass is 10.0. The molecule has 0 aliphatic rings. The summed E-state index contributed by atoms with van der Waals surface area (Å²) in [4.78, 5) is 35.7. The Kier molecular flexibility index (Phi) is 7.54. The minimum atomic E-state index is -0.867. The number of benzene rings is 1. The molecule has 0 saturated carbocycles. The van der Waals surface area contributed by atoms with Gasteiger partial charge in [-0.05, 0) is 25.0 Å². The molecule has 1 rings (SSSR count). The van der Waals surface area contributed by atoms with Crippen LogP contribution in [-0.4, -0.2) is 37.0 Å². The highest BCUT2D eigenvalue weighted by atomic mass is 35.5. The highest BCUT2D eigenvalue weighted by Crippen LogP contribution is 2.15. The van der Waals surface area contributed by atoms with Crippen molar-refractivity contribution in [2.24, 2.45) is 5.92 Å². The van der Waals surface area contributed by atoms with E-state index in [4.69, 9.17) is 16.3 Å². The van der Waals surface area contributed by atoms with E-state index in [1.807, 2.05) is 0 Å². The van der Waals surface area contributed by atoms with E-state index in [0.29, 0.717) is 11.6 Å². The molecular weight excluding hydrogens is 320 g/mol. The van der Waals surface area contributed by atoms with Crippen molar-refractivity contribution in [1.29, 1.82) is 0 Å². The second kappa shape index (κ2) is 9.15. The molecule has 0 bridgehead atoms. The predicted molar refractivity (Wildman–Crippen MR) is 87.2 cm³/mol. The molecule has 6 nitrogen and oxygen atoms in total. The summed E-state index contributed by atoms with van der Waals surface area (Å²) in [7, 11) is 0. The standard InChI is InChI=1S/C16H21ClN2O4/c1-4-18-13(20)9-23-16(22)14(10(2)3)19-15(21)11-7-5-6-8-12(11)17/h5-8,10,14H,4,9H2,1-3H3,(H,18,20)(H,19,21)/t14-/m0/s1. The Morgan fingerprint density at radius 3 is 2.43 bits per heavy atom. The van der Waals surface area contributed by atoms with E-state index in [-0.39, 0.29) is 24.0 Å². The van der Waals surface area contributed by atoms with Crippen molar-refractivity contribution in [2.45, 2.75) is 26.8 Å². The van der Waals surface area contributed by atoms with Gasteiger partial charge >= 0.3 is 5.97 Å². The summed E-state index contributed by atoms with van der Waals surface area (Å²) in [6.45, 7) is 5.38. The lowest BCUT2D eigenvalue weighted by molar-refractivity contribution is -0.151. The highest BCUT2D eigenvalue weighted by molar-refractivity contribution is 6.33. The molecule has 2 N–H and O–H groups in total. The van der Waals surface area contributed by atoms with Gasteiger partial charge < -0.3 is 15.4 Å². The molecule has 0 aromatic heterocycles. The van der Waals surface area contributed by atoms with Crippen molar-refractivity contribution in [3.8, 4) is 0 Å². The number of likely N-dealkylation sites (N-methyl/N-ethyl adjacent to an activating group) is 1. The van der Waals surface area contributed by atoms with Crippen molar-refractivity contribution in [3.05, 3.63) is 34.9 Å². The molecule has 0 unspecified atom stereocenters. The van der Waals surface area contributed by atoms with E-state index in [9.17, 15) is 14.4 Å². The van der Waals surface area contributed by atoms with Gasteiger partial charge in [0.15, 0.2) is 6.61 Å². The normalized spacial score (nSPS) is 11.7. The minimum absolute atomic E-state index is 0.205. The zero-order valence-electron chi connectivity index (χ0n) is 13.4. The van der Waals surface area contributed by atoms with E-state index < -0.39 is 17.9 Å². The summed E-state index contributed by atoms with van der Waals surface area (Å²) in [5.74, 6) is -1.72. The number of ether oxygens (including phenoxy) is 1. The first-order valence-corrected chi connectivity index (χ1v) is 7.73. The number of amides is 2. The number of rotatable bonds is 7. The third kappa shape index (κ3) is 5.90. The zero-order chi connectivity index (χ0) is 17.4. The van der Waals surface area contributed by atoms with Gasteiger partial charge in [0.05, 0.1) is 10.6 Å². The number of esters is 1. The summed E-state index contributed by atoms with van der Waals surface area (Å²) in [6, 6.07) is 5.68. The maximum atomic E-state index is 12.2. The van der Waals surface area contributed by atoms with Crippen LogP contribution in [0, 0.1) is 5.92 Å².